The fraction of sp³-hybridized carbons (Fsp3) is 0.625. The standard InChI is InChI=1S/C16H23NO2/c1-16(7-2-9-18-12-16)17-8-5-13-3-4-15-14(11-13)6-10-19-15/h3-4,11,17H,2,5-10,12H2,1H3. The van der Waals surface area contributed by atoms with E-state index in [1.54, 1.807) is 0 Å². The van der Waals surface area contributed by atoms with E-state index in [1.165, 1.54) is 24.0 Å². The fourth-order valence-corrected chi connectivity index (χ4v) is 2.98. The highest BCUT2D eigenvalue weighted by Crippen LogP contribution is 2.26. The second-order valence-corrected chi connectivity index (χ2v) is 5.93. The molecule has 0 bridgehead atoms. The van der Waals surface area contributed by atoms with E-state index in [0.717, 1.165) is 45.0 Å². The number of benzene rings is 1. The van der Waals surface area contributed by atoms with E-state index < -0.39 is 0 Å². The lowest BCUT2D eigenvalue weighted by atomic mass is 9.94. The largest absolute Gasteiger partial charge is 0.493 e. The zero-order valence-electron chi connectivity index (χ0n) is 11.7. The minimum Gasteiger partial charge on any atom is -0.493 e. The first-order valence-corrected chi connectivity index (χ1v) is 7.33. The number of fused-ring (bicyclic) bond motifs is 1. The molecule has 0 spiro atoms. The van der Waals surface area contributed by atoms with Crippen LogP contribution in [0.3, 0.4) is 0 Å². The third-order valence-electron chi connectivity index (χ3n) is 4.16. The lowest BCUT2D eigenvalue weighted by Crippen LogP contribution is -2.49. The summed E-state index contributed by atoms with van der Waals surface area (Å²) in [6, 6.07) is 6.60. The molecule has 2 aliphatic rings. The van der Waals surface area contributed by atoms with Crippen molar-refractivity contribution in [2.24, 2.45) is 0 Å². The van der Waals surface area contributed by atoms with Crippen LogP contribution in [0.2, 0.25) is 0 Å². The summed E-state index contributed by atoms with van der Waals surface area (Å²) in [4.78, 5) is 0. The molecule has 1 N–H and O–H groups in total. The van der Waals surface area contributed by atoms with Gasteiger partial charge in [0.15, 0.2) is 0 Å². The predicted octanol–water partition coefficient (Wildman–Crippen LogP) is 2.32. The van der Waals surface area contributed by atoms with Crippen LogP contribution in [0.5, 0.6) is 5.75 Å². The van der Waals surface area contributed by atoms with Crippen molar-refractivity contribution in [2.45, 2.75) is 38.1 Å². The molecule has 1 atom stereocenters. The maximum Gasteiger partial charge on any atom is 0.122 e. The molecular formula is C16H23NO2. The average molecular weight is 261 g/mol. The summed E-state index contributed by atoms with van der Waals surface area (Å²) in [5.41, 5.74) is 2.93. The van der Waals surface area contributed by atoms with Gasteiger partial charge in [0, 0.05) is 18.6 Å². The first-order valence-electron chi connectivity index (χ1n) is 7.33. The number of ether oxygens (including phenoxy) is 2. The van der Waals surface area contributed by atoms with Crippen molar-refractivity contribution in [3.8, 4) is 5.75 Å². The number of rotatable bonds is 4. The normalized spacial score (nSPS) is 25.9. The molecule has 0 aliphatic carbocycles. The van der Waals surface area contributed by atoms with E-state index in [9.17, 15) is 0 Å². The Bertz CT molecular complexity index is 438. The predicted molar refractivity (Wildman–Crippen MR) is 75.8 cm³/mol. The Morgan fingerprint density at radius 2 is 2.26 bits per heavy atom. The Hall–Kier alpha value is -1.06. The summed E-state index contributed by atoms with van der Waals surface area (Å²) in [5.74, 6) is 1.07. The lowest BCUT2D eigenvalue weighted by molar-refractivity contribution is 0.0289. The topological polar surface area (TPSA) is 30.5 Å². The Morgan fingerprint density at radius 3 is 3.11 bits per heavy atom. The average Bonchev–Trinajstić information content (AvgIpc) is 2.87. The SMILES string of the molecule is CC1(NCCc2ccc3c(c2)CCO3)CCCOC1. The molecule has 3 rings (SSSR count). The molecule has 2 heterocycles. The monoisotopic (exact) mass is 261 g/mol. The smallest absolute Gasteiger partial charge is 0.122 e. The van der Waals surface area contributed by atoms with Crippen LogP contribution in [-0.2, 0) is 17.6 Å². The summed E-state index contributed by atoms with van der Waals surface area (Å²) in [6.07, 6.45) is 4.51. The van der Waals surface area contributed by atoms with Gasteiger partial charge in [-0.3, -0.25) is 0 Å². The lowest BCUT2D eigenvalue weighted by Gasteiger charge is -2.34. The van der Waals surface area contributed by atoms with Gasteiger partial charge in [-0.05, 0) is 49.9 Å². The van der Waals surface area contributed by atoms with Gasteiger partial charge in [0.2, 0.25) is 0 Å². The van der Waals surface area contributed by atoms with Crippen LogP contribution >= 0.6 is 0 Å². The first kappa shape index (κ1) is 12.9. The van der Waals surface area contributed by atoms with E-state index >= 15 is 0 Å². The van der Waals surface area contributed by atoms with Crippen LogP contribution in [-0.4, -0.2) is 31.9 Å². The highest BCUT2D eigenvalue weighted by Gasteiger charge is 2.26. The molecule has 104 valence electrons. The quantitative estimate of drug-likeness (QED) is 0.902. The molecule has 0 radical (unpaired) electrons. The van der Waals surface area contributed by atoms with Crippen molar-refractivity contribution in [1.29, 1.82) is 0 Å². The van der Waals surface area contributed by atoms with Crippen LogP contribution in [0.1, 0.15) is 30.9 Å². The van der Waals surface area contributed by atoms with Gasteiger partial charge in [-0.25, -0.2) is 0 Å². The Kier molecular flexibility index (Phi) is 3.76. The molecule has 1 unspecified atom stereocenters. The molecule has 1 saturated heterocycles. The number of hydrogen-bond acceptors (Lipinski definition) is 3. The number of nitrogens with one attached hydrogen (secondary N) is 1. The summed E-state index contributed by atoms with van der Waals surface area (Å²) >= 11 is 0. The van der Waals surface area contributed by atoms with E-state index in [1.807, 2.05) is 0 Å². The van der Waals surface area contributed by atoms with E-state index in [4.69, 9.17) is 9.47 Å². The Balaban J connectivity index is 1.52. The minimum atomic E-state index is 0.165. The van der Waals surface area contributed by atoms with Gasteiger partial charge in [-0.2, -0.15) is 0 Å². The Morgan fingerprint density at radius 1 is 1.32 bits per heavy atom. The molecule has 1 aromatic rings. The van der Waals surface area contributed by atoms with Gasteiger partial charge in [0.1, 0.15) is 5.75 Å². The van der Waals surface area contributed by atoms with Crippen LogP contribution in [0.25, 0.3) is 0 Å². The van der Waals surface area contributed by atoms with Crippen LogP contribution < -0.4 is 10.1 Å². The number of hydrogen-bond donors (Lipinski definition) is 1. The van der Waals surface area contributed by atoms with Gasteiger partial charge >= 0.3 is 0 Å². The molecule has 2 aliphatic heterocycles. The van der Waals surface area contributed by atoms with E-state index in [2.05, 4.69) is 30.4 Å². The second kappa shape index (κ2) is 5.51. The van der Waals surface area contributed by atoms with Crippen molar-refractivity contribution >= 4 is 0 Å². The molecule has 19 heavy (non-hydrogen) atoms. The second-order valence-electron chi connectivity index (χ2n) is 5.93. The summed E-state index contributed by atoms with van der Waals surface area (Å²) < 4.78 is 11.1. The summed E-state index contributed by atoms with van der Waals surface area (Å²) in [7, 11) is 0. The van der Waals surface area contributed by atoms with E-state index in [0.29, 0.717) is 0 Å². The van der Waals surface area contributed by atoms with Crippen LogP contribution in [0.15, 0.2) is 18.2 Å². The summed E-state index contributed by atoms with van der Waals surface area (Å²) in [5, 5.41) is 3.66. The molecule has 1 aromatic carbocycles. The van der Waals surface area contributed by atoms with Crippen molar-refractivity contribution in [3.63, 3.8) is 0 Å². The molecule has 1 fully saturated rings. The molecule has 0 saturated carbocycles. The minimum absolute atomic E-state index is 0.165. The first-order chi connectivity index (χ1) is 9.25. The third-order valence-corrected chi connectivity index (χ3v) is 4.16. The summed E-state index contributed by atoms with van der Waals surface area (Å²) in [6.45, 7) is 5.88. The Labute approximate surface area is 115 Å². The van der Waals surface area contributed by atoms with Crippen LogP contribution in [0, 0.1) is 0 Å². The molecule has 3 heteroatoms. The zero-order chi connectivity index (χ0) is 13.1. The van der Waals surface area contributed by atoms with Gasteiger partial charge in [0.25, 0.3) is 0 Å². The van der Waals surface area contributed by atoms with Gasteiger partial charge in [-0.1, -0.05) is 12.1 Å². The maximum absolute atomic E-state index is 5.57. The van der Waals surface area contributed by atoms with Gasteiger partial charge < -0.3 is 14.8 Å². The maximum atomic E-state index is 5.57. The van der Waals surface area contributed by atoms with Crippen molar-refractivity contribution in [2.75, 3.05) is 26.4 Å². The van der Waals surface area contributed by atoms with Gasteiger partial charge in [-0.15, -0.1) is 0 Å². The van der Waals surface area contributed by atoms with Crippen molar-refractivity contribution < 1.29 is 9.47 Å². The highest BCUT2D eigenvalue weighted by molar-refractivity contribution is 5.39. The van der Waals surface area contributed by atoms with Crippen molar-refractivity contribution in [3.05, 3.63) is 29.3 Å². The molecule has 3 nitrogen and oxygen atoms in total. The molecular weight excluding hydrogens is 238 g/mol. The zero-order valence-corrected chi connectivity index (χ0v) is 11.7. The molecule has 0 amide bonds. The van der Waals surface area contributed by atoms with Gasteiger partial charge in [0.05, 0.1) is 13.2 Å². The highest BCUT2D eigenvalue weighted by atomic mass is 16.5. The van der Waals surface area contributed by atoms with Crippen LogP contribution in [0.4, 0.5) is 0 Å². The van der Waals surface area contributed by atoms with Crippen molar-refractivity contribution in [1.82, 2.24) is 5.32 Å². The van der Waals surface area contributed by atoms with E-state index in [-0.39, 0.29) is 5.54 Å². The molecule has 0 aromatic heterocycles. The third kappa shape index (κ3) is 3.10. The fourth-order valence-electron chi connectivity index (χ4n) is 2.98.